The number of amides is 3. The third-order valence-corrected chi connectivity index (χ3v) is 7.05. The van der Waals surface area contributed by atoms with Gasteiger partial charge in [0.05, 0.1) is 31.9 Å². The van der Waals surface area contributed by atoms with Crippen LogP contribution < -0.4 is 15.1 Å². The first-order valence-electron chi connectivity index (χ1n) is 10.8. The Kier molecular flexibility index (Phi) is 5.53. The molecular formula is C22H30FN4O3+. The minimum atomic E-state index is -0.724. The second-order valence-corrected chi connectivity index (χ2v) is 8.90. The second-order valence-electron chi connectivity index (χ2n) is 8.90. The minimum absolute atomic E-state index is 0.0829. The number of piperazine rings is 1. The Balaban J connectivity index is 1.38. The van der Waals surface area contributed by atoms with Crippen molar-refractivity contribution in [1.82, 2.24) is 10.2 Å². The Morgan fingerprint density at radius 1 is 1.27 bits per heavy atom. The highest BCUT2D eigenvalue weighted by molar-refractivity contribution is 6.07. The fraction of sp³-hybridized carbons (Fsp3) is 0.591. The average Bonchev–Trinajstić information content (AvgIpc) is 2.96. The maximum absolute atomic E-state index is 14.5. The van der Waals surface area contributed by atoms with Crippen LogP contribution in [0.25, 0.3) is 0 Å². The number of rotatable bonds is 4. The molecule has 1 aromatic rings. The lowest BCUT2D eigenvalue weighted by molar-refractivity contribution is -0.907. The van der Waals surface area contributed by atoms with Crippen molar-refractivity contribution in [1.29, 1.82) is 0 Å². The Hall–Kier alpha value is -2.48. The van der Waals surface area contributed by atoms with Gasteiger partial charge in [-0.3, -0.25) is 9.59 Å². The first-order valence-corrected chi connectivity index (χ1v) is 10.8. The normalized spacial score (nSPS) is 27.6. The van der Waals surface area contributed by atoms with Crippen LogP contribution in [0.15, 0.2) is 18.2 Å². The number of nitrogens with one attached hydrogen (secondary N) is 2. The molecular weight excluding hydrogens is 387 g/mol. The van der Waals surface area contributed by atoms with Crippen LogP contribution in [0.4, 0.5) is 14.9 Å². The van der Waals surface area contributed by atoms with Crippen LogP contribution in [0.5, 0.6) is 0 Å². The summed E-state index contributed by atoms with van der Waals surface area (Å²) in [5, 5.41) is 3.00. The van der Waals surface area contributed by atoms with Crippen molar-refractivity contribution in [3.8, 4) is 0 Å². The number of quaternary nitrogens is 1. The molecule has 0 radical (unpaired) electrons. The third-order valence-electron chi connectivity index (χ3n) is 7.05. The Morgan fingerprint density at radius 3 is 2.63 bits per heavy atom. The van der Waals surface area contributed by atoms with Gasteiger partial charge in [-0.1, -0.05) is 19.8 Å². The summed E-state index contributed by atoms with van der Waals surface area (Å²) >= 11 is 0. The SMILES string of the molecule is CC(=O)c1ccc(N2CC[NH+](CN3C(=O)N[C@@]4(CCCC[C@H]4C)C3=O)CC2)c(F)c1. The van der Waals surface area contributed by atoms with E-state index < -0.39 is 11.4 Å². The molecule has 0 aromatic heterocycles. The van der Waals surface area contributed by atoms with Crippen LogP contribution in [-0.2, 0) is 4.79 Å². The molecule has 3 amide bonds. The zero-order valence-electron chi connectivity index (χ0n) is 17.7. The average molecular weight is 418 g/mol. The van der Waals surface area contributed by atoms with E-state index in [-0.39, 0.29) is 23.6 Å². The lowest BCUT2D eigenvalue weighted by Gasteiger charge is -2.37. The summed E-state index contributed by atoms with van der Waals surface area (Å²) in [5.41, 5.74) is 0.131. The number of anilines is 1. The summed E-state index contributed by atoms with van der Waals surface area (Å²) in [6.07, 6.45) is 3.74. The summed E-state index contributed by atoms with van der Waals surface area (Å²) < 4.78 is 14.5. The molecule has 8 heteroatoms. The molecule has 2 N–H and O–H groups in total. The van der Waals surface area contributed by atoms with E-state index in [1.54, 1.807) is 12.1 Å². The molecule has 162 valence electrons. The van der Waals surface area contributed by atoms with Crippen molar-refractivity contribution in [2.75, 3.05) is 37.7 Å². The van der Waals surface area contributed by atoms with Gasteiger partial charge in [0, 0.05) is 5.56 Å². The molecule has 1 saturated carbocycles. The number of carbonyl (C=O) groups excluding carboxylic acids is 3. The lowest BCUT2D eigenvalue weighted by atomic mass is 9.73. The van der Waals surface area contributed by atoms with Crippen molar-refractivity contribution in [3.63, 3.8) is 0 Å². The van der Waals surface area contributed by atoms with Crippen LogP contribution >= 0.6 is 0 Å². The first kappa shape index (κ1) is 20.8. The van der Waals surface area contributed by atoms with E-state index >= 15 is 0 Å². The van der Waals surface area contributed by atoms with Crippen molar-refractivity contribution < 1.29 is 23.7 Å². The number of benzene rings is 1. The van der Waals surface area contributed by atoms with Crippen LogP contribution in [0.1, 0.15) is 49.9 Å². The van der Waals surface area contributed by atoms with Gasteiger partial charge in [0.15, 0.2) is 12.5 Å². The number of carbonyl (C=O) groups is 3. The Labute approximate surface area is 176 Å². The summed E-state index contributed by atoms with van der Waals surface area (Å²) in [4.78, 5) is 41.6. The van der Waals surface area contributed by atoms with Crippen LogP contribution in [0.3, 0.4) is 0 Å². The second kappa shape index (κ2) is 7.98. The monoisotopic (exact) mass is 417 g/mol. The molecule has 30 heavy (non-hydrogen) atoms. The zero-order chi connectivity index (χ0) is 21.5. The molecule has 0 bridgehead atoms. The van der Waals surface area contributed by atoms with Gasteiger partial charge in [-0.25, -0.2) is 14.1 Å². The number of nitrogens with zero attached hydrogens (tertiary/aromatic N) is 2. The van der Waals surface area contributed by atoms with Crippen molar-refractivity contribution in [3.05, 3.63) is 29.6 Å². The number of halogens is 1. The summed E-state index contributed by atoms with van der Waals surface area (Å²) in [6, 6.07) is 4.31. The highest BCUT2D eigenvalue weighted by Crippen LogP contribution is 2.37. The van der Waals surface area contributed by atoms with Gasteiger partial charge >= 0.3 is 6.03 Å². The Bertz CT molecular complexity index is 868. The first-order chi connectivity index (χ1) is 14.3. The van der Waals surface area contributed by atoms with E-state index in [0.29, 0.717) is 50.5 Å². The van der Waals surface area contributed by atoms with Gasteiger partial charge < -0.3 is 15.1 Å². The molecule has 1 spiro atoms. The van der Waals surface area contributed by atoms with Crippen LogP contribution in [0.2, 0.25) is 0 Å². The quantitative estimate of drug-likeness (QED) is 0.570. The molecule has 3 aliphatic rings. The van der Waals surface area contributed by atoms with E-state index in [2.05, 4.69) is 12.2 Å². The van der Waals surface area contributed by atoms with Crippen LogP contribution in [0, 0.1) is 11.7 Å². The van der Waals surface area contributed by atoms with Gasteiger partial charge in [0.1, 0.15) is 11.4 Å². The van der Waals surface area contributed by atoms with E-state index in [4.69, 9.17) is 0 Å². The smallest absolute Gasteiger partial charge is 0.329 e. The topological polar surface area (TPSA) is 74.2 Å². The number of ketones is 1. The van der Waals surface area contributed by atoms with Crippen molar-refractivity contribution in [2.45, 2.75) is 45.1 Å². The maximum atomic E-state index is 14.5. The van der Waals surface area contributed by atoms with Crippen molar-refractivity contribution >= 4 is 23.4 Å². The standard InChI is InChI=1S/C22H29FN4O3/c1-15-5-3-4-8-22(15)20(29)27(21(30)24-22)14-25-9-11-26(12-10-25)19-7-6-17(16(2)28)13-18(19)23/h6-7,13,15H,3-5,8-12,14H2,1-2H3,(H,24,30)/p+1/t15-,22-/m1/s1. The van der Waals surface area contributed by atoms with Gasteiger partial charge in [0.2, 0.25) is 0 Å². The lowest BCUT2D eigenvalue weighted by Crippen LogP contribution is -3.16. The molecule has 2 atom stereocenters. The molecule has 4 rings (SSSR count). The van der Waals surface area contributed by atoms with E-state index in [1.807, 2.05) is 4.90 Å². The zero-order valence-corrected chi connectivity index (χ0v) is 17.7. The van der Waals surface area contributed by atoms with Gasteiger partial charge in [0.25, 0.3) is 5.91 Å². The molecule has 1 aromatic carbocycles. The van der Waals surface area contributed by atoms with E-state index in [0.717, 1.165) is 24.2 Å². The number of Topliss-reactive ketones (excluding diaryl/α,β-unsaturated/α-hetero) is 1. The maximum Gasteiger partial charge on any atom is 0.329 e. The summed E-state index contributed by atoms with van der Waals surface area (Å²) in [5.74, 6) is -0.484. The van der Waals surface area contributed by atoms with Gasteiger partial charge in [-0.15, -0.1) is 0 Å². The summed E-state index contributed by atoms with van der Waals surface area (Å²) in [6.45, 7) is 6.47. The largest absolute Gasteiger partial charge is 0.358 e. The minimum Gasteiger partial charge on any atom is -0.358 e. The molecule has 7 nitrogen and oxygen atoms in total. The number of imide groups is 1. The number of hydrogen-bond donors (Lipinski definition) is 2. The Morgan fingerprint density at radius 2 is 2.00 bits per heavy atom. The molecule has 1 aliphatic carbocycles. The number of hydrogen-bond acceptors (Lipinski definition) is 4. The highest BCUT2D eigenvalue weighted by atomic mass is 19.1. The van der Waals surface area contributed by atoms with Gasteiger partial charge in [-0.2, -0.15) is 0 Å². The number of urea groups is 1. The highest BCUT2D eigenvalue weighted by Gasteiger charge is 2.55. The molecule has 2 saturated heterocycles. The fourth-order valence-corrected chi connectivity index (χ4v) is 5.07. The van der Waals surface area contributed by atoms with Crippen molar-refractivity contribution in [2.24, 2.45) is 5.92 Å². The molecule has 0 unspecified atom stereocenters. The van der Waals surface area contributed by atoms with E-state index in [1.165, 1.54) is 17.9 Å². The molecule has 2 aliphatic heterocycles. The molecule has 2 heterocycles. The third kappa shape index (κ3) is 3.57. The summed E-state index contributed by atoms with van der Waals surface area (Å²) in [7, 11) is 0. The van der Waals surface area contributed by atoms with E-state index in [9.17, 15) is 18.8 Å². The molecule has 3 fully saturated rings. The van der Waals surface area contributed by atoms with Crippen LogP contribution in [-0.4, -0.2) is 61.0 Å². The predicted octanol–water partition coefficient (Wildman–Crippen LogP) is 1.19. The predicted molar refractivity (Wildman–Crippen MR) is 110 cm³/mol. The fourth-order valence-electron chi connectivity index (χ4n) is 5.07. The van der Waals surface area contributed by atoms with Gasteiger partial charge in [-0.05, 0) is 43.9 Å².